The van der Waals surface area contributed by atoms with Crippen molar-refractivity contribution in [3.8, 4) is 0 Å². The summed E-state index contributed by atoms with van der Waals surface area (Å²) < 4.78 is 5.41. The second-order valence-electron chi connectivity index (χ2n) is 3.93. The zero-order chi connectivity index (χ0) is 10.6. The van der Waals surface area contributed by atoms with Gasteiger partial charge >= 0.3 is 0 Å². The Morgan fingerprint density at radius 2 is 2.33 bits per heavy atom. The second kappa shape index (κ2) is 7.04. The summed E-state index contributed by atoms with van der Waals surface area (Å²) in [5.74, 6) is 0.134. The van der Waals surface area contributed by atoms with Gasteiger partial charge in [0, 0.05) is 26.2 Å². The molecule has 0 bridgehead atoms. The van der Waals surface area contributed by atoms with Crippen molar-refractivity contribution in [1.82, 2.24) is 4.90 Å². The van der Waals surface area contributed by atoms with Gasteiger partial charge in [0.25, 0.3) is 0 Å². The number of amides is 1. The Kier molecular flexibility index (Phi) is 6.89. The standard InChI is InChI=1S/C10H20N2O2.ClH/c1-8(7-11)12(2)10(13)6-9-4-3-5-14-9;/h8-9H,3-7,11H2,1-2H3;1H. The number of carbonyl (C=O) groups excluding carboxylic acids is 1. The summed E-state index contributed by atoms with van der Waals surface area (Å²) >= 11 is 0. The lowest BCUT2D eigenvalue weighted by Crippen LogP contribution is -2.40. The molecule has 4 nitrogen and oxygen atoms in total. The number of halogens is 1. The molecule has 1 heterocycles. The zero-order valence-corrected chi connectivity index (χ0v) is 10.3. The maximum atomic E-state index is 11.7. The van der Waals surface area contributed by atoms with Gasteiger partial charge < -0.3 is 15.4 Å². The average molecular weight is 237 g/mol. The molecule has 0 saturated carbocycles. The van der Waals surface area contributed by atoms with E-state index in [9.17, 15) is 4.79 Å². The minimum absolute atomic E-state index is 0. The fourth-order valence-corrected chi connectivity index (χ4v) is 1.55. The monoisotopic (exact) mass is 236 g/mol. The number of likely N-dealkylation sites (N-methyl/N-ethyl adjacent to an activating group) is 1. The van der Waals surface area contributed by atoms with E-state index in [1.165, 1.54) is 0 Å². The first kappa shape index (κ1) is 14.7. The lowest BCUT2D eigenvalue weighted by molar-refractivity contribution is -0.133. The van der Waals surface area contributed by atoms with Gasteiger partial charge in [-0.15, -0.1) is 12.4 Å². The molecule has 0 aliphatic carbocycles. The van der Waals surface area contributed by atoms with Crippen molar-refractivity contribution in [1.29, 1.82) is 0 Å². The molecular weight excluding hydrogens is 216 g/mol. The molecule has 0 radical (unpaired) electrons. The Morgan fingerprint density at radius 3 is 2.80 bits per heavy atom. The molecule has 1 saturated heterocycles. The van der Waals surface area contributed by atoms with Crippen molar-refractivity contribution in [3.63, 3.8) is 0 Å². The summed E-state index contributed by atoms with van der Waals surface area (Å²) in [4.78, 5) is 13.4. The highest BCUT2D eigenvalue weighted by molar-refractivity contribution is 5.85. The predicted molar refractivity (Wildman–Crippen MR) is 62.1 cm³/mol. The molecule has 0 spiro atoms. The van der Waals surface area contributed by atoms with Gasteiger partial charge in [-0.2, -0.15) is 0 Å². The van der Waals surface area contributed by atoms with Crippen LogP contribution >= 0.6 is 12.4 Å². The molecule has 90 valence electrons. The van der Waals surface area contributed by atoms with Crippen LogP contribution in [-0.4, -0.2) is 43.2 Å². The number of nitrogens with zero attached hydrogens (tertiary/aromatic N) is 1. The van der Waals surface area contributed by atoms with Gasteiger partial charge in [-0.3, -0.25) is 4.79 Å². The lowest BCUT2D eigenvalue weighted by Gasteiger charge is -2.24. The van der Waals surface area contributed by atoms with Crippen molar-refractivity contribution in [2.75, 3.05) is 20.2 Å². The van der Waals surface area contributed by atoms with E-state index < -0.39 is 0 Å². The van der Waals surface area contributed by atoms with Crippen molar-refractivity contribution in [2.24, 2.45) is 5.73 Å². The third kappa shape index (κ3) is 4.36. The molecule has 15 heavy (non-hydrogen) atoms. The number of ether oxygens (including phenoxy) is 1. The highest BCUT2D eigenvalue weighted by atomic mass is 35.5. The number of nitrogens with two attached hydrogens (primary N) is 1. The summed E-state index contributed by atoms with van der Waals surface area (Å²) in [5, 5.41) is 0. The van der Waals surface area contributed by atoms with E-state index in [1.54, 1.807) is 11.9 Å². The topological polar surface area (TPSA) is 55.6 Å². The number of rotatable bonds is 4. The first-order valence-corrected chi connectivity index (χ1v) is 5.22. The van der Waals surface area contributed by atoms with Crippen LogP contribution in [0.4, 0.5) is 0 Å². The van der Waals surface area contributed by atoms with Crippen molar-refractivity contribution in [3.05, 3.63) is 0 Å². The highest BCUT2D eigenvalue weighted by Crippen LogP contribution is 2.16. The Bertz CT molecular complexity index is 196. The fraction of sp³-hybridized carbons (Fsp3) is 0.900. The molecule has 0 aromatic carbocycles. The highest BCUT2D eigenvalue weighted by Gasteiger charge is 2.22. The van der Waals surface area contributed by atoms with E-state index in [0.29, 0.717) is 13.0 Å². The number of hydrogen-bond acceptors (Lipinski definition) is 3. The molecular formula is C10H21ClN2O2. The van der Waals surface area contributed by atoms with Gasteiger partial charge in [-0.25, -0.2) is 0 Å². The first-order valence-electron chi connectivity index (χ1n) is 5.22. The Morgan fingerprint density at radius 1 is 1.67 bits per heavy atom. The van der Waals surface area contributed by atoms with E-state index in [1.807, 2.05) is 6.92 Å². The van der Waals surface area contributed by atoms with Gasteiger partial charge in [0.05, 0.1) is 12.5 Å². The molecule has 0 aromatic rings. The minimum atomic E-state index is 0. The van der Waals surface area contributed by atoms with Crippen molar-refractivity contribution in [2.45, 2.75) is 38.3 Å². The van der Waals surface area contributed by atoms with Crippen LogP contribution in [0.25, 0.3) is 0 Å². The maximum Gasteiger partial charge on any atom is 0.225 e. The van der Waals surface area contributed by atoms with Crippen LogP contribution in [-0.2, 0) is 9.53 Å². The Labute approximate surface area is 97.5 Å². The molecule has 1 amide bonds. The zero-order valence-electron chi connectivity index (χ0n) is 9.44. The predicted octanol–water partition coefficient (Wildman–Crippen LogP) is 0.783. The number of hydrogen-bond donors (Lipinski definition) is 1. The molecule has 0 aromatic heterocycles. The normalized spacial score (nSPS) is 21.9. The molecule has 1 aliphatic heterocycles. The van der Waals surface area contributed by atoms with Crippen LogP contribution in [0.5, 0.6) is 0 Å². The van der Waals surface area contributed by atoms with Gasteiger partial charge in [0.2, 0.25) is 5.91 Å². The third-order valence-corrected chi connectivity index (χ3v) is 2.82. The van der Waals surface area contributed by atoms with Crippen LogP contribution in [0.3, 0.4) is 0 Å². The van der Waals surface area contributed by atoms with Gasteiger partial charge in [-0.05, 0) is 19.8 Å². The summed E-state index contributed by atoms with van der Waals surface area (Å²) in [7, 11) is 1.80. The summed E-state index contributed by atoms with van der Waals surface area (Å²) in [6, 6.07) is 0.115. The second-order valence-corrected chi connectivity index (χ2v) is 3.93. The molecule has 1 aliphatic rings. The van der Waals surface area contributed by atoms with Gasteiger partial charge in [-0.1, -0.05) is 0 Å². The maximum absolute atomic E-state index is 11.7. The van der Waals surface area contributed by atoms with E-state index >= 15 is 0 Å². The minimum Gasteiger partial charge on any atom is -0.378 e. The van der Waals surface area contributed by atoms with Crippen molar-refractivity contribution < 1.29 is 9.53 Å². The Hall–Kier alpha value is -0.320. The molecule has 1 fully saturated rings. The van der Waals surface area contributed by atoms with E-state index in [-0.39, 0.29) is 30.5 Å². The SMILES string of the molecule is CC(CN)N(C)C(=O)CC1CCCO1.Cl. The third-order valence-electron chi connectivity index (χ3n) is 2.82. The lowest BCUT2D eigenvalue weighted by atomic mass is 10.1. The van der Waals surface area contributed by atoms with Gasteiger partial charge in [0.15, 0.2) is 0 Å². The molecule has 2 unspecified atom stereocenters. The fourth-order valence-electron chi connectivity index (χ4n) is 1.55. The molecule has 2 atom stereocenters. The van der Waals surface area contributed by atoms with Crippen LogP contribution in [0, 0.1) is 0 Å². The summed E-state index contributed by atoms with van der Waals surface area (Å²) in [6.45, 7) is 3.26. The van der Waals surface area contributed by atoms with Crippen LogP contribution < -0.4 is 5.73 Å². The van der Waals surface area contributed by atoms with Crippen LogP contribution in [0.1, 0.15) is 26.2 Å². The summed E-state index contributed by atoms with van der Waals surface area (Å²) in [5.41, 5.74) is 5.49. The van der Waals surface area contributed by atoms with E-state index in [2.05, 4.69) is 0 Å². The summed E-state index contributed by atoms with van der Waals surface area (Å²) in [6.07, 6.45) is 2.72. The molecule has 2 N–H and O–H groups in total. The smallest absolute Gasteiger partial charge is 0.225 e. The average Bonchev–Trinajstić information content (AvgIpc) is 2.68. The molecule has 1 rings (SSSR count). The molecule has 5 heteroatoms. The van der Waals surface area contributed by atoms with E-state index in [0.717, 1.165) is 19.4 Å². The van der Waals surface area contributed by atoms with Crippen molar-refractivity contribution >= 4 is 18.3 Å². The number of carbonyl (C=O) groups is 1. The van der Waals surface area contributed by atoms with Crippen LogP contribution in [0.2, 0.25) is 0 Å². The van der Waals surface area contributed by atoms with E-state index in [4.69, 9.17) is 10.5 Å². The quantitative estimate of drug-likeness (QED) is 0.785. The Balaban J connectivity index is 0.00000196. The van der Waals surface area contributed by atoms with Gasteiger partial charge in [0.1, 0.15) is 0 Å². The first-order chi connectivity index (χ1) is 6.65. The van der Waals surface area contributed by atoms with Crippen LogP contribution in [0.15, 0.2) is 0 Å². The largest absolute Gasteiger partial charge is 0.378 e.